The van der Waals surface area contributed by atoms with Crippen LogP contribution in [0.25, 0.3) is 0 Å². The van der Waals surface area contributed by atoms with Crippen molar-refractivity contribution >= 4 is 11.6 Å². The maximum absolute atomic E-state index is 6.02. The van der Waals surface area contributed by atoms with E-state index >= 15 is 0 Å². The minimum absolute atomic E-state index is 0.0730. The van der Waals surface area contributed by atoms with Crippen LogP contribution in [-0.4, -0.2) is 17.1 Å². The number of methoxy groups -OCH3 is 1. The molecule has 1 aliphatic rings. The van der Waals surface area contributed by atoms with Crippen LogP contribution in [0.1, 0.15) is 50.2 Å². The van der Waals surface area contributed by atoms with E-state index in [2.05, 4.69) is 23.8 Å². The molecule has 0 saturated heterocycles. The molecule has 0 aromatic carbocycles. The van der Waals surface area contributed by atoms with Crippen LogP contribution in [0, 0.1) is 5.92 Å². The average Bonchev–Trinajstić information content (AvgIpc) is 3.00. The first-order valence-corrected chi connectivity index (χ1v) is 6.06. The number of ether oxygens (including phenoxy) is 1. The van der Waals surface area contributed by atoms with E-state index < -0.39 is 0 Å². The van der Waals surface area contributed by atoms with Crippen molar-refractivity contribution in [2.75, 3.05) is 7.11 Å². The van der Waals surface area contributed by atoms with E-state index in [-0.39, 0.29) is 6.10 Å². The molecule has 1 unspecified atom stereocenters. The predicted octanol–water partition coefficient (Wildman–Crippen LogP) is 3.35. The number of hydrogen-bond acceptors (Lipinski definition) is 3. The fourth-order valence-electron chi connectivity index (χ4n) is 1.84. The molecule has 1 heterocycles. The van der Waals surface area contributed by atoms with Gasteiger partial charge in [-0.1, -0.05) is 25.4 Å². The minimum Gasteiger partial charge on any atom is -0.373 e. The molecular formula is C12H17ClN2O. The molecule has 0 radical (unpaired) electrons. The van der Waals surface area contributed by atoms with Gasteiger partial charge in [-0.2, -0.15) is 0 Å². The van der Waals surface area contributed by atoms with Crippen molar-refractivity contribution in [3.8, 4) is 0 Å². The van der Waals surface area contributed by atoms with E-state index in [1.54, 1.807) is 7.11 Å². The highest BCUT2D eigenvalue weighted by atomic mass is 35.5. The number of aromatic nitrogens is 2. The van der Waals surface area contributed by atoms with Gasteiger partial charge in [0.2, 0.25) is 0 Å². The average molecular weight is 241 g/mol. The number of nitrogens with zero attached hydrogens (tertiary/aromatic N) is 2. The zero-order chi connectivity index (χ0) is 11.7. The summed E-state index contributed by atoms with van der Waals surface area (Å²) in [5, 5.41) is 0.523. The van der Waals surface area contributed by atoms with E-state index in [1.165, 1.54) is 12.8 Å². The summed E-state index contributed by atoms with van der Waals surface area (Å²) in [6, 6.07) is 1.87. The lowest BCUT2D eigenvalue weighted by Gasteiger charge is -2.18. The molecule has 16 heavy (non-hydrogen) atoms. The minimum atomic E-state index is -0.0730. The standard InChI is InChI=1S/C12H17ClN2O/c1-7(2)11(16-3)12-14-9(8-4-5-8)6-10(13)15-12/h6-8,11H,4-5H2,1-3H3. The highest BCUT2D eigenvalue weighted by Gasteiger charge is 2.27. The summed E-state index contributed by atoms with van der Waals surface area (Å²) >= 11 is 6.02. The van der Waals surface area contributed by atoms with Gasteiger partial charge in [0, 0.05) is 18.7 Å². The maximum Gasteiger partial charge on any atom is 0.159 e. The van der Waals surface area contributed by atoms with Gasteiger partial charge >= 0.3 is 0 Å². The third-order valence-electron chi connectivity index (χ3n) is 2.84. The van der Waals surface area contributed by atoms with E-state index in [0.29, 0.717) is 22.8 Å². The Balaban J connectivity index is 2.31. The molecule has 0 bridgehead atoms. The molecule has 2 rings (SSSR count). The molecule has 88 valence electrons. The Morgan fingerprint density at radius 1 is 1.38 bits per heavy atom. The molecule has 0 N–H and O–H groups in total. The van der Waals surface area contributed by atoms with Crippen LogP contribution in [0.15, 0.2) is 6.07 Å². The lowest BCUT2D eigenvalue weighted by Crippen LogP contribution is -2.13. The summed E-state index contributed by atoms with van der Waals surface area (Å²) < 4.78 is 5.42. The van der Waals surface area contributed by atoms with Gasteiger partial charge < -0.3 is 4.74 Å². The van der Waals surface area contributed by atoms with Crippen LogP contribution >= 0.6 is 11.6 Å². The molecule has 1 aliphatic carbocycles. The molecule has 3 nitrogen and oxygen atoms in total. The maximum atomic E-state index is 6.02. The third-order valence-corrected chi connectivity index (χ3v) is 3.04. The fourth-order valence-corrected chi connectivity index (χ4v) is 2.04. The molecule has 1 aromatic rings. The first-order chi connectivity index (χ1) is 7.61. The smallest absolute Gasteiger partial charge is 0.159 e. The zero-order valence-corrected chi connectivity index (χ0v) is 10.7. The summed E-state index contributed by atoms with van der Waals surface area (Å²) in [5.74, 6) is 1.64. The third kappa shape index (κ3) is 2.53. The highest BCUT2D eigenvalue weighted by molar-refractivity contribution is 6.29. The van der Waals surface area contributed by atoms with E-state index in [9.17, 15) is 0 Å². The lowest BCUT2D eigenvalue weighted by molar-refractivity contribution is 0.0573. The summed E-state index contributed by atoms with van der Waals surface area (Å²) in [7, 11) is 1.69. The van der Waals surface area contributed by atoms with Gasteiger partial charge in [0.15, 0.2) is 5.82 Å². The first kappa shape index (κ1) is 11.8. The largest absolute Gasteiger partial charge is 0.373 e. The second-order valence-corrected chi connectivity index (χ2v) is 5.04. The van der Waals surface area contributed by atoms with Crippen LogP contribution in [0.2, 0.25) is 5.15 Å². The van der Waals surface area contributed by atoms with Gasteiger partial charge in [-0.3, -0.25) is 0 Å². The molecule has 0 spiro atoms. The van der Waals surface area contributed by atoms with Gasteiger partial charge in [0.25, 0.3) is 0 Å². The topological polar surface area (TPSA) is 35.0 Å². The Morgan fingerprint density at radius 2 is 2.06 bits per heavy atom. The van der Waals surface area contributed by atoms with Crippen LogP contribution in [-0.2, 0) is 4.74 Å². The summed E-state index contributed by atoms with van der Waals surface area (Å²) in [4.78, 5) is 8.83. The Labute approximate surface area is 101 Å². The Morgan fingerprint density at radius 3 is 2.56 bits per heavy atom. The fraction of sp³-hybridized carbons (Fsp3) is 0.667. The van der Waals surface area contributed by atoms with Crippen molar-refractivity contribution in [2.24, 2.45) is 5.92 Å². The van der Waals surface area contributed by atoms with Crippen molar-refractivity contribution < 1.29 is 4.74 Å². The predicted molar refractivity (Wildman–Crippen MR) is 63.6 cm³/mol. The molecule has 1 fully saturated rings. The first-order valence-electron chi connectivity index (χ1n) is 5.69. The second kappa shape index (κ2) is 4.68. The van der Waals surface area contributed by atoms with Crippen molar-refractivity contribution in [2.45, 2.75) is 38.7 Å². The van der Waals surface area contributed by atoms with Gasteiger partial charge in [0.05, 0.1) is 0 Å². The molecule has 1 aromatic heterocycles. The monoisotopic (exact) mass is 240 g/mol. The molecule has 0 amide bonds. The van der Waals surface area contributed by atoms with Gasteiger partial charge in [-0.15, -0.1) is 0 Å². The Hall–Kier alpha value is -0.670. The summed E-state index contributed by atoms with van der Waals surface area (Å²) in [6.45, 7) is 4.18. The number of halogens is 1. The van der Waals surface area contributed by atoms with Gasteiger partial charge in [-0.25, -0.2) is 9.97 Å². The van der Waals surface area contributed by atoms with Gasteiger partial charge in [-0.05, 0) is 24.8 Å². The highest BCUT2D eigenvalue weighted by Crippen LogP contribution is 2.40. The number of rotatable bonds is 4. The van der Waals surface area contributed by atoms with Crippen molar-refractivity contribution in [1.29, 1.82) is 0 Å². The van der Waals surface area contributed by atoms with Crippen molar-refractivity contribution in [3.63, 3.8) is 0 Å². The molecular weight excluding hydrogens is 224 g/mol. The van der Waals surface area contributed by atoms with E-state index in [1.807, 2.05) is 6.07 Å². The zero-order valence-electron chi connectivity index (χ0n) is 9.90. The number of hydrogen-bond donors (Lipinski definition) is 0. The van der Waals surface area contributed by atoms with Gasteiger partial charge in [0.1, 0.15) is 11.3 Å². The normalized spacial score (nSPS) is 17.8. The van der Waals surface area contributed by atoms with Crippen molar-refractivity contribution in [3.05, 3.63) is 22.7 Å². The molecule has 1 atom stereocenters. The molecule has 1 saturated carbocycles. The van der Waals surface area contributed by atoms with E-state index in [4.69, 9.17) is 16.3 Å². The Kier molecular flexibility index (Phi) is 3.45. The quantitative estimate of drug-likeness (QED) is 0.757. The summed E-state index contributed by atoms with van der Waals surface area (Å²) in [6.07, 6.45) is 2.36. The van der Waals surface area contributed by atoms with Crippen LogP contribution < -0.4 is 0 Å². The van der Waals surface area contributed by atoms with Crippen LogP contribution in [0.4, 0.5) is 0 Å². The lowest BCUT2D eigenvalue weighted by atomic mass is 10.1. The van der Waals surface area contributed by atoms with Crippen LogP contribution in [0.3, 0.4) is 0 Å². The second-order valence-electron chi connectivity index (χ2n) is 4.65. The van der Waals surface area contributed by atoms with E-state index in [0.717, 1.165) is 5.69 Å². The molecule has 0 aliphatic heterocycles. The Bertz CT molecular complexity index is 377. The van der Waals surface area contributed by atoms with Crippen LogP contribution in [0.5, 0.6) is 0 Å². The SMILES string of the molecule is COC(c1nc(Cl)cc(C2CC2)n1)C(C)C. The molecule has 4 heteroatoms. The van der Waals surface area contributed by atoms with Crippen molar-refractivity contribution in [1.82, 2.24) is 9.97 Å². The summed E-state index contributed by atoms with van der Waals surface area (Å²) in [5.41, 5.74) is 1.07.